The summed E-state index contributed by atoms with van der Waals surface area (Å²) in [5.74, 6) is 0. The van der Waals surface area contributed by atoms with Crippen LogP contribution in [-0.4, -0.2) is 66.3 Å². The minimum Gasteiger partial charge on any atom is -0.394 e. The third-order valence-electron chi connectivity index (χ3n) is 4.86. The van der Waals surface area contributed by atoms with E-state index in [1.807, 2.05) is 0 Å². The lowest BCUT2D eigenvalue weighted by atomic mass is 9.99. The number of rotatable bonds is 14. The van der Waals surface area contributed by atoms with Crippen molar-refractivity contribution in [1.82, 2.24) is 0 Å². The number of unbranched alkanes of at least 4 members (excludes halogenated alkanes) is 9. The van der Waals surface area contributed by atoms with Crippen molar-refractivity contribution < 1.29 is 29.5 Å². The first-order chi connectivity index (χ1) is 12.2. The van der Waals surface area contributed by atoms with Crippen molar-refractivity contribution >= 4 is 0 Å². The van der Waals surface area contributed by atoms with Crippen LogP contribution >= 0.6 is 0 Å². The highest BCUT2D eigenvalue weighted by molar-refractivity contribution is 4.90. The first kappa shape index (κ1) is 22.8. The quantitative estimate of drug-likeness (QED) is 0.411. The maximum Gasteiger partial charge on any atom is 0.186 e. The van der Waals surface area contributed by atoms with E-state index in [-0.39, 0.29) is 6.61 Å². The molecule has 6 nitrogen and oxygen atoms in total. The molecule has 150 valence electrons. The summed E-state index contributed by atoms with van der Waals surface area (Å²) in [4.78, 5) is 0. The average molecular weight is 363 g/mol. The molecule has 25 heavy (non-hydrogen) atoms. The molecule has 3 N–H and O–H groups in total. The van der Waals surface area contributed by atoms with Crippen LogP contribution in [0, 0.1) is 0 Å². The van der Waals surface area contributed by atoms with E-state index < -0.39 is 30.7 Å². The molecule has 0 aliphatic carbocycles. The Bertz CT molecular complexity index is 312. The van der Waals surface area contributed by atoms with Gasteiger partial charge >= 0.3 is 0 Å². The predicted molar refractivity (Wildman–Crippen MR) is 96.4 cm³/mol. The number of aliphatic hydroxyl groups excluding tert-OH is 3. The fourth-order valence-electron chi connectivity index (χ4n) is 3.26. The first-order valence-electron chi connectivity index (χ1n) is 9.92. The van der Waals surface area contributed by atoms with E-state index in [4.69, 9.17) is 14.2 Å². The molecule has 1 heterocycles. The Balaban J connectivity index is 2.10. The van der Waals surface area contributed by atoms with Crippen molar-refractivity contribution in [1.29, 1.82) is 0 Å². The molecular formula is C19H38O6. The zero-order valence-electron chi connectivity index (χ0n) is 15.9. The van der Waals surface area contributed by atoms with Crippen LogP contribution < -0.4 is 0 Å². The minimum atomic E-state index is -1.18. The molecule has 5 atom stereocenters. The standard InChI is InChI=1S/C19H38O6/c1-3-4-5-6-7-8-9-10-11-12-13-24-18-15(14-20)25-19(23-2)17(22)16(18)21/h15-22H,3-14H2,1-2H3/t15-,16-,17+,18-,19+/m1/s1. The Morgan fingerprint density at radius 3 is 1.92 bits per heavy atom. The summed E-state index contributed by atoms with van der Waals surface area (Å²) in [6.45, 7) is 2.44. The van der Waals surface area contributed by atoms with Crippen molar-refractivity contribution in [2.24, 2.45) is 0 Å². The van der Waals surface area contributed by atoms with E-state index in [1.54, 1.807) is 0 Å². The highest BCUT2D eigenvalue weighted by atomic mass is 16.7. The molecule has 1 rings (SSSR count). The van der Waals surface area contributed by atoms with Crippen LogP contribution in [0.25, 0.3) is 0 Å². The van der Waals surface area contributed by atoms with Crippen LogP contribution in [-0.2, 0) is 14.2 Å². The average Bonchev–Trinajstić information content (AvgIpc) is 2.63. The van der Waals surface area contributed by atoms with E-state index in [0.717, 1.165) is 12.8 Å². The minimum absolute atomic E-state index is 0.285. The van der Waals surface area contributed by atoms with Gasteiger partial charge in [0.05, 0.1) is 6.61 Å². The molecule has 1 fully saturated rings. The van der Waals surface area contributed by atoms with Gasteiger partial charge in [0.25, 0.3) is 0 Å². The molecule has 0 amide bonds. The van der Waals surface area contributed by atoms with Gasteiger partial charge in [0.1, 0.15) is 24.4 Å². The highest BCUT2D eigenvalue weighted by Crippen LogP contribution is 2.24. The van der Waals surface area contributed by atoms with E-state index in [2.05, 4.69) is 6.92 Å². The summed E-state index contributed by atoms with van der Waals surface area (Å²) in [5.41, 5.74) is 0. The van der Waals surface area contributed by atoms with Crippen molar-refractivity contribution in [3.8, 4) is 0 Å². The van der Waals surface area contributed by atoms with Gasteiger partial charge in [0, 0.05) is 13.7 Å². The van der Waals surface area contributed by atoms with E-state index >= 15 is 0 Å². The third-order valence-corrected chi connectivity index (χ3v) is 4.86. The van der Waals surface area contributed by atoms with E-state index in [1.165, 1.54) is 58.5 Å². The van der Waals surface area contributed by atoms with Crippen LogP contribution in [0.5, 0.6) is 0 Å². The van der Waals surface area contributed by atoms with Crippen LogP contribution in [0.1, 0.15) is 71.1 Å². The Hall–Kier alpha value is -0.240. The summed E-state index contributed by atoms with van der Waals surface area (Å²) in [7, 11) is 1.39. The Morgan fingerprint density at radius 1 is 0.840 bits per heavy atom. The summed E-state index contributed by atoms with van der Waals surface area (Å²) in [6.07, 6.45) is 7.77. The number of aliphatic hydroxyl groups is 3. The van der Waals surface area contributed by atoms with Crippen molar-refractivity contribution in [2.45, 2.75) is 102 Å². The van der Waals surface area contributed by atoms with Gasteiger partial charge in [-0.05, 0) is 6.42 Å². The molecular weight excluding hydrogens is 324 g/mol. The molecule has 1 aliphatic rings. The largest absolute Gasteiger partial charge is 0.394 e. The lowest BCUT2D eigenvalue weighted by Gasteiger charge is -2.41. The van der Waals surface area contributed by atoms with Crippen LogP contribution in [0.15, 0.2) is 0 Å². The fourth-order valence-corrected chi connectivity index (χ4v) is 3.26. The monoisotopic (exact) mass is 362 g/mol. The van der Waals surface area contributed by atoms with Gasteiger partial charge in [-0.3, -0.25) is 0 Å². The molecule has 0 aromatic heterocycles. The topological polar surface area (TPSA) is 88.4 Å². The summed E-state index contributed by atoms with van der Waals surface area (Å²) in [6, 6.07) is 0. The van der Waals surface area contributed by atoms with Gasteiger partial charge < -0.3 is 29.5 Å². The van der Waals surface area contributed by atoms with E-state index in [9.17, 15) is 15.3 Å². The molecule has 1 saturated heterocycles. The lowest BCUT2D eigenvalue weighted by Crippen LogP contribution is -2.59. The third kappa shape index (κ3) is 8.33. The van der Waals surface area contributed by atoms with Crippen molar-refractivity contribution in [3.63, 3.8) is 0 Å². The van der Waals surface area contributed by atoms with Gasteiger partial charge in [-0.2, -0.15) is 0 Å². The van der Waals surface area contributed by atoms with Gasteiger partial charge in [0.2, 0.25) is 0 Å². The zero-order valence-corrected chi connectivity index (χ0v) is 15.9. The van der Waals surface area contributed by atoms with E-state index in [0.29, 0.717) is 6.61 Å². The van der Waals surface area contributed by atoms with Gasteiger partial charge in [0.15, 0.2) is 6.29 Å². The van der Waals surface area contributed by atoms with Gasteiger partial charge in [-0.1, -0.05) is 64.7 Å². The zero-order chi connectivity index (χ0) is 18.5. The lowest BCUT2D eigenvalue weighted by molar-refractivity contribution is -0.301. The molecule has 0 aromatic rings. The second kappa shape index (κ2) is 13.9. The Kier molecular flexibility index (Phi) is 12.7. The summed E-state index contributed by atoms with van der Waals surface area (Å²) in [5, 5.41) is 29.5. The number of hydrogen-bond acceptors (Lipinski definition) is 6. The van der Waals surface area contributed by atoms with Gasteiger partial charge in [-0.25, -0.2) is 0 Å². The van der Waals surface area contributed by atoms with Crippen LogP contribution in [0.3, 0.4) is 0 Å². The molecule has 0 saturated carbocycles. The van der Waals surface area contributed by atoms with Crippen LogP contribution in [0.4, 0.5) is 0 Å². The molecule has 0 radical (unpaired) electrons. The Labute approximate surface area is 152 Å². The Morgan fingerprint density at radius 2 is 1.40 bits per heavy atom. The molecule has 6 heteroatoms. The fraction of sp³-hybridized carbons (Fsp3) is 1.00. The molecule has 0 spiro atoms. The molecule has 0 unspecified atom stereocenters. The van der Waals surface area contributed by atoms with Crippen LogP contribution in [0.2, 0.25) is 0 Å². The first-order valence-corrected chi connectivity index (χ1v) is 9.92. The number of methoxy groups -OCH3 is 1. The normalized spacial score (nSPS) is 29.9. The van der Waals surface area contributed by atoms with Gasteiger partial charge in [-0.15, -0.1) is 0 Å². The highest BCUT2D eigenvalue weighted by Gasteiger charge is 2.45. The SMILES string of the molecule is CCCCCCCCCCCCO[C@H]1[C@H](O)[C@H](O)[C@@H](OC)O[C@@H]1CO. The number of ether oxygens (including phenoxy) is 3. The maximum absolute atomic E-state index is 10.2. The molecule has 1 aliphatic heterocycles. The summed E-state index contributed by atoms with van der Waals surface area (Å²) < 4.78 is 16.1. The number of hydrogen-bond donors (Lipinski definition) is 3. The molecule has 0 bridgehead atoms. The second-order valence-electron chi connectivity index (χ2n) is 6.96. The predicted octanol–water partition coefficient (Wildman–Crippen LogP) is 2.38. The second-order valence-corrected chi connectivity index (χ2v) is 6.96. The molecule has 0 aromatic carbocycles. The smallest absolute Gasteiger partial charge is 0.186 e. The maximum atomic E-state index is 10.2. The van der Waals surface area contributed by atoms with Crippen molar-refractivity contribution in [2.75, 3.05) is 20.3 Å². The van der Waals surface area contributed by atoms with Crippen molar-refractivity contribution in [3.05, 3.63) is 0 Å². The summed E-state index contributed by atoms with van der Waals surface area (Å²) >= 11 is 0.